The van der Waals surface area contributed by atoms with Crippen molar-refractivity contribution >= 4 is 5.91 Å². The van der Waals surface area contributed by atoms with E-state index in [4.69, 9.17) is 20.2 Å². The van der Waals surface area contributed by atoms with Gasteiger partial charge in [-0.15, -0.1) is 0 Å². The molecule has 3 heterocycles. The van der Waals surface area contributed by atoms with E-state index in [1.165, 1.54) is 0 Å². The SMILES string of the molecule is C.NC(=O)c1ccc(-c2nc(-c3ccc4c(c3)OCCO4)c(-c3ccccn3)[nH]2)cc1. The van der Waals surface area contributed by atoms with Crippen LogP contribution in [0.3, 0.4) is 0 Å². The lowest BCUT2D eigenvalue weighted by atomic mass is 10.1. The molecule has 1 aliphatic rings. The summed E-state index contributed by atoms with van der Waals surface area (Å²) in [6.07, 6.45) is 1.74. The number of aromatic amines is 1. The summed E-state index contributed by atoms with van der Waals surface area (Å²) < 4.78 is 11.4. The fourth-order valence-corrected chi connectivity index (χ4v) is 3.40. The average molecular weight is 414 g/mol. The van der Waals surface area contributed by atoms with Gasteiger partial charge in [-0.05, 0) is 42.5 Å². The zero-order chi connectivity index (χ0) is 20.5. The zero-order valence-corrected chi connectivity index (χ0v) is 16.0. The number of nitrogens with one attached hydrogen (secondary N) is 1. The van der Waals surface area contributed by atoms with Crippen LogP contribution in [0.1, 0.15) is 17.8 Å². The third kappa shape index (κ3) is 3.85. The maximum absolute atomic E-state index is 11.4. The maximum atomic E-state index is 11.4. The average Bonchev–Trinajstić information content (AvgIpc) is 3.25. The Morgan fingerprint density at radius 2 is 1.68 bits per heavy atom. The molecule has 0 aliphatic carbocycles. The number of benzene rings is 2. The smallest absolute Gasteiger partial charge is 0.248 e. The molecule has 7 heteroatoms. The molecule has 3 N–H and O–H groups in total. The summed E-state index contributed by atoms with van der Waals surface area (Å²) in [6.45, 7) is 1.06. The largest absolute Gasteiger partial charge is 0.486 e. The van der Waals surface area contributed by atoms with Gasteiger partial charge >= 0.3 is 0 Å². The highest BCUT2D eigenvalue weighted by Gasteiger charge is 2.19. The van der Waals surface area contributed by atoms with Gasteiger partial charge in [0.25, 0.3) is 0 Å². The first-order valence-electron chi connectivity index (χ1n) is 9.51. The highest BCUT2D eigenvalue weighted by atomic mass is 16.6. The number of aromatic nitrogens is 3. The summed E-state index contributed by atoms with van der Waals surface area (Å²) in [5, 5.41) is 0. The number of imidazole rings is 1. The predicted octanol–water partition coefficient (Wildman–Crippen LogP) is 4.31. The van der Waals surface area contributed by atoms with Crippen LogP contribution in [0.15, 0.2) is 66.9 Å². The molecular weight excluding hydrogens is 392 g/mol. The first kappa shape index (κ1) is 20.2. The van der Waals surface area contributed by atoms with Crippen molar-refractivity contribution in [1.82, 2.24) is 15.0 Å². The van der Waals surface area contributed by atoms with Crippen molar-refractivity contribution < 1.29 is 14.3 Å². The van der Waals surface area contributed by atoms with E-state index in [0.29, 0.717) is 30.4 Å². The molecule has 0 bridgehead atoms. The van der Waals surface area contributed by atoms with E-state index < -0.39 is 5.91 Å². The van der Waals surface area contributed by atoms with Crippen molar-refractivity contribution in [3.63, 3.8) is 0 Å². The zero-order valence-electron chi connectivity index (χ0n) is 16.0. The number of hydrogen-bond donors (Lipinski definition) is 2. The van der Waals surface area contributed by atoms with Gasteiger partial charge in [0.2, 0.25) is 5.91 Å². The molecule has 0 atom stereocenters. The molecule has 4 aromatic rings. The molecule has 0 saturated heterocycles. The van der Waals surface area contributed by atoms with Crippen molar-refractivity contribution in [1.29, 1.82) is 0 Å². The number of carbonyl (C=O) groups is 1. The summed E-state index contributed by atoms with van der Waals surface area (Å²) in [7, 11) is 0. The van der Waals surface area contributed by atoms with Crippen LogP contribution in [0.2, 0.25) is 0 Å². The Bertz CT molecular complexity index is 1220. The van der Waals surface area contributed by atoms with Gasteiger partial charge in [-0.25, -0.2) is 4.98 Å². The molecule has 31 heavy (non-hydrogen) atoms. The molecule has 2 aromatic carbocycles. The van der Waals surface area contributed by atoms with Gasteiger partial charge in [-0.1, -0.05) is 25.6 Å². The van der Waals surface area contributed by atoms with Gasteiger partial charge in [0, 0.05) is 22.9 Å². The van der Waals surface area contributed by atoms with E-state index in [9.17, 15) is 4.79 Å². The van der Waals surface area contributed by atoms with Crippen LogP contribution in [-0.2, 0) is 0 Å². The minimum atomic E-state index is -0.466. The topological polar surface area (TPSA) is 103 Å². The number of nitrogens with zero attached hydrogens (tertiary/aromatic N) is 2. The van der Waals surface area contributed by atoms with Crippen LogP contribution in [0.25, 0.3) is 34.0 Å². The number of hydrogen-bond acceptors (Lipinski definition) is 5. The normalized spacial score (nSPS) is 12.1. The van der Waals surface area contributed by atoms with Gasteiger partial charge in [0.15, 0.2) is 11.5 Å². The Morgan fingerprint density at radius 1 is 0.935 bits per heavy atom. The summed E-state index contributed by atoms with van der Waals surface area (Å²) in [4.78, 5) is 24.1. The molecule has 0 radical (unpaired) electrons. The van der Waals surface area contributed by atoms with Crippen LogP contribution in [0.5, 0.6) is 11.5 Å². The maximum Gasteiger partial charge on any atom is 0.248 e. The van der Waals surface area contributed by atoms with Crippen LogP contribution >= 0.6 is 0 Å². The summed E-state index contributed by atoms with van der Waals surface area (Å²) in [5.74, 6) is 1.62. The number of nitrogens with two attached hydrogens (primary N) is 1. The predicted molar refractivity (Wildman–Crippen MR) is 119 cm³/mol. The highest BCUT2D eigenvalue weighted by Crippen LogP contribution is 2.38. The van der Waals surface area contributed by atoms with Crippen molar-refractivity contribution in [3.05, 3.63) is 72.4 Å². The molecule has 0 spiro atoms. The van der Waals surface area contributed by atoms with Gasteiger partial charge in [0.1, 0.15) is 19.0 Å². The van der Waals surface area contributed by atoms with Crippen molar-refractivity contribution in [2.24, 2.45) is 5.73 Å². The standard InChI is InChI=1S/C23H18N4O3.CH4/c24-22(28)14-4-6-15(7-5-14)23-26-20(21(27-23)17-3-1-2-10-25-17)16-8-9-18-19(13-16)30-12-11-29-18;/h1-10,13H,11-12H2,(H2,24,28)(H,26,27);1H4. The monoisotopic (exact) mass is 414 g/mol. The Labute approximate surface area is 179 Å². The lowest BCUT2D eigenvalue weighted by molar-refractivity contribution is 0.100. The van der Waals surface area contributed by atoms with Gasteiger partial charge < -0.3 is 20.2 Å². The van der Waals surface area contributed by atoms with Crippen LogP contribution in [0, 0.1) is 0 Å². The molecule has 5 rings (SSSR count). The third-order valence-corrected chi connectivity index (χ3v) is 4.88. The highest BCUT2D eigenvalue weighted by molar-refractivity contribution is 5.93. The second-order valence-corrected chi connectivity index (χ2v) is 6.82. The lowest BCUT2D eigenvalue weighted by Gasteiger charge is -2.18. The number of ether oxygens (including phenoxy) is 2. The van der Waals surface area contributed by atoms with Gasteiger partial charge in [0.05, 0.1) is 17.1 Å². The molecule has 2 aromatic heterocycles. The summed E-state index contributed by atoms with van der Waals surface area (Å²) >= 11 is 0. The van der Waals surface area contributed by atoms with E-state index in [-0.39, 0.29) is 7.43 Å². The minimum absolute atomic E-state index is 0. The van der Waals surface area contributed by atoms with Gasteiger partial charge in [-0.2, -0.15) is 0 Å². The van der Waals surface area contributed by atoms with Crippen LogP contribution < -0.4 is 15.2 Å². The second kappa shape index (κ2) is 8.31. The van der Waals surface area contributed by atoms with Crippen molar-refractivity contribution in [2.75, 3.05) is 13.2 Å². The van der Waals surface area contributed by atoms with Crippen molar-refractivity contribution in [2.45, 2.75) is 7.43 Å². The van der Waals surface area contributed by atoms with Crippen LogP contribution in [0.4, 0.5) is 0 Å². The summed E-state index contributed by atoms with van der Waals surface area (Å²) in [6, 6.07) is 18.5. The Balaban J connectivity index is 0.00000231. The fraction of sp³-hybridized carbons (Fsp3) is 0.125. The Kier molecular flexibility index (Phi) is 5.41. The Hall–Kier alpha value is -4.13. The minimum Gasteiger partial charge on any atom is -0.486 e. The Morgan fingerprint density at radius 3 is 2.39 bits per heavy atom. The van der Waals surface area contributed by atoms with E-state index in [1.807, 2.05) is 48.5 Å². The molecular formula is C24H22N4O3. The number of rotatable bonds is 4. The number of primary amides is 1. The van der Waals surface area contributed by atoms with Gasteiger partial charge in [-0.3, -0.25) is 9.78 Å². The van der Waals surface area contributed by atoms with E-state index >= 15 is 0 Å². The molecule has 0 saturated carbocycles. The number of H-pyrrole nitrogens is 1. The lowest BCUT2D eigenvalue weighted by Crippen LogP contribution is -2.15. The van der Waals surface area contributed by atoms with E-state index in [1.54, 1.807) is 18.3 Å². The molecule has 7 nitrogen and oxygen atoms in total. The first-order valence-corrected chi connectivity index (χ1v) is 9.51. The second-order valence-electron chi connectivity index (χ2n) is 6.82. The van der Waals surface area contributed by atoms with E-state index in [0.717, 1.165) is 34.0 Å². The van der Waals surface area contributed by atoms with Crippen LogP contribution in [-0.4, -0.2) is 34.1 Å². The molecule has 0 unspecified atom stereocenters. The number of carbonyl (C=O) groups excluding carboxylic acids is 1. The molecule has 1 aliphatic heterocycles. The number of pyridine rings is 1. The fourth-order valence-electron chi connectivity index (χ4n) is 3.40. The van der Waals surface area contributed by atoms with E-state index in [2.05, 4.69) is 9.97 Å². The molecule has 0 fully saturated rings. The quantitative estimate of drug-likeness (QED) is 0.518. The first-order chi connectivity index (χ1) is 14.7. The third-order valence-electron chi connectivity index (χ3n) is 4.88. The number of fused-ring (bicyclic) bond motifs is 1. The molecule has 156 valence electrons. The number of amides is 1. The van der Waals surface area contributed by atoms with Crippen molar-refractivity contribution in [3.8, 4) is 45.5 Å². The summed E-state index contributed by atoms with van der Waals surface area (Å²) in [5.41, 5.74) is 9.83. The molecule has 1 amide bonds.